The fourth-order valence-corrected chi connectivity index (χ4v) is 4.32. The molecule has 5 aromatic rings. The SMILES string of the molecule is Cc1[nH]nc2cc(F)c(-c3cc(NC(CO)c4ccccc4)cnc3-c3cc(Cl)ccc3O)cc12. The highest BCUT2D eigenvalue weighted by molar-refractivity contribution is 6.31. The van der Waals surface area contributed by atoms with Gasteiger partial charge in [-0.15, -0.1) is 0 Å². The summed E-state index contributed by atoms with van der Waals surface area (Å²) in [6.07, 6.45) is 1.59. The van der Waals surface area contributed by atoms with Crippen LogP contribution in [0.4, 0.5) is 10.1 Å². The van der Waals surface area contributed by atoms with E-state index in [0.717, 1.165) is 16.6 Å². The van der Waals surface area contributed by atoms with E-state index in [9.17, 15) is 10.2 Å². The zero-order chi connectivity index (χ0) is 24.5. The third-order valence-electron chi connectivity index (χ3n) is 5.95. The fourth-order valence-electron chi connectivity index (χ4n) is 4.15. The van der Waals surface area contributed by atoms with E-state index in [1.54, 1.807) is 30.5 Å². The molecule has 0 spiro atoms. The van der Waals surface area contributed by atoms with Crippen LogP contribution in [-0.2, 0) is 0 Å². The quantitative estimate of drug-likeness (QED) is 0.227. The number of aliphatic hydroxyl groups excluding tert-OH is 1. The van der Waals surface area contributed by atoms with Gasteiger partial charge in [0.2, 0.25) is 0 Å². The molecule has 0 aliphatic heterocycles. The summed E-state index contributed by atoms with van der Waals surface area (Å²) in [5.74, 6) is -0.505. The summed E-state index contributed by atoms with van der Waals surface area (Å²) >= 11 is 6.20. The first-order valence-electron chi connectivity index (χ1n) is 11.0. The first-order chi connectivity index (χ1) is 16.9. The first-order valence-corrected chi connectivity index (χ1v) is 11.4. The lowest BCUT2D eigenvalue weighted by Gasteiger charge is -2.20. The molecular weight excluding hydrogens is 467 g/mol. The normalized spacial score (nSPS) is 12.1. The van der Waals surface area contributed by atoms with Gasteiger partial charge in [-0.25, -0.2) is 4.39 Å². The van der Waals surface area contributed by atoms with Crippen molar-refractivity contribution < 1.29 is 14.6 Å². The molecule has 1 atom stereocenters. The number of anilines is 1. The summed E-state index contributed by atoms with van der Waals surface area (Å²) in [4.78, 5) is 4.59. The molecule has 0 bridgehead atoms. The van der Waals surface area contributed by atoms with Crippen LogP contribution in [0.1, 0.15) is 17.3 Å². The van der Waals surface area contributed by atoms with Crippen molar-refractivity contribution in [3.8, 4) is 28.1 Å². The number of aromatic nitrogens is 3. The molecule has 1 unspecified atom stereocenters. The molecule has 0 aliphatic carbocycles. The van der Waals surface area contributed by atoms with Crippen LogP contribution in [-0.4, -0.2) is 32.0 Å². The average molecular weight is 489 g/mol. The number of hydrogen-bond acceptors (Lipinski definition) is 5. The van der Waals surface area contributed by atoms with Crippen molar-refractivity contribution >= 4 is 28.2 Å². The Labute approximate surface area is 206 Å². The maximum Gasteiger partial charge on any atom is 0.133 e. The Balaban J connectivity index is 1.68. The van der Waals surface area contributed by atoms with E-state index < -0.39 is 5.82 Å². The highest BCUT2D eigenvalue weighted by Crippen LogP contribution is 2.40. The van der Waals surface area contributed by atoms with Crippen LogP contribution in [0.3, 0.4) is 0 Å². The van der Waals surface area contributed by atoms with Gasteiger partial charge in [-0.1, -0.05) is 41.9 Å². The van der Waals surface area contributed by atoms with Crippen molar-refractivity contribution in [2.75, 3.05) is 11.9 Å². The molecule has 8 heteroatoms. The molecule has 5 rings (SSSR count). The number of hydrogen-bond donors (Lipinski definition) is 4. The second-order valence-corrected chi connectivity index (χ2v) is 8.71. The first kappa shape index (κ1) is 22.8. The summed E-state index contributed by atoms with van der Waals surface area (Å²) < 4.78 is 15.4. The standard InChI is InChI=1S/C27H22ClFN4O2/c1-15-19-11-20(23(29)12-24(19)33-32-15)21-10-18(31-25(14-34)16-5-3-2-4-6-16)13-30-27(21)22-9-17(28)7-8-26(22)35/h2-13,25,31,34-35H,14H2,1H3,(H,32,33). The number of aliphatic hydroxyl groups is 1. The highest BCUT2D eigenvalue weighted by atomic mass is 35.5. The number of H-pyrrole nitrogens is 1. The van der Waals surface area contributed by atoms with Gasteiger partial charge in [0, 0.05) is 38.9 Å². The number of halogens is 2. The number of aryl methyl sites for hydroxylation is 1. The molecule has 0 saturated carbocycles. The van der Waals surface area contributed by atoms with Crippen LogP contribution < -0.4 is 5.32 Å². The summed E-state index contributed by atoms with van der Waals surface area (Å²) in [5, 5.41) is 32.0. The molecule has 4 N–H and O–H groups in total. The Morgan fingerprint density at radius 1 is 1.03 bits per heavy atom. The van der Waals surface area contributed by atoms with Crippen molar-refractivity contribution in [3.63, 3.8) is 0 Å². The molecule has 6 nitrogen and oxygen atoms in total. The van der Waals surface area contributed by atoms with E-state index in [2.05, 4.69) is 20.5 Å². The van der Waals surface area contributed by atoms with Gasteiger partial charge in [-0.05, 0) is 42.8 Å². The van der Waals surface area contributed by atoms with Crippen molar-refractivity contribution in [1.29, 1.82) is 0 Å². The van der Waals surface area contributed by atoms with Crippen molar-refractivity contribution in [3.05, 3.63) is 95.0 Å². The number of aromatic amines is 1. The Kier molecular flexibility index (Phi) is 6.11. The van der Waals surface area contributed by atoms with Gasteiger partial charge < -0.3 is 15.5 Å². The minimum absolute atomic E-state index is 0.0256. The fraction of sp³-hybridized carbons (Fsp3) is 0.111. The molecule has 0 radical (unpaired) electrons. The minimum Gasteiger partial charge on any atom is -0.507 e. The van der Waals surface area contributed by atoms with Crippen LogP contribution in [0, 0.1) is 12.7 Å². The van der Waals surface area contributed by atoms with Crippen LogP contribution in [0.25, 0.3) is 33.3 Å². The molecule has 176 valence electrons. The maximum atomic E-state index is 15.4. The molecule has 0 fully saturated rings. The average Bonchev–Trinajstić information content (AvgIpc) is 3.23. The number of aromatic hydroxyl groups is 1. The van der Waals surface area contributed by atoms with Crippen LogP contribution in [0.2, 0.25) is 5.02 Å². The Morgan fingerprint density at radius 2 is 1.83 bits per heavy atom. The lowest BCUT2D eigenvalue weighted by atomic mass is 9.96. The number of benzene rings is 3. The molecule has 0 saturated heterocycles. The van der Waals surface area contributed by atoms with E-state index in [0.29, 0.717) is 38.6 Å². The van der Waals surface area contributed by atoms with Gasteiger partial charge in [0.1, 0.15) is 11.6 Å². The summed E-state index contributed by atoms with van der Waals surface area (Å²) in [6.45, 7) is 1.72. The number of phenolic OH excluding ortho intramolecular Hbond substituents is 1. The Morgan fingerprint density at radius 3 is 2.60 bits per heavy atom. The van der Waals surface area contributed by atoms with E-state index >= 15 is 4.39 Å². The molecule has 0 aliphatic rings. The molecular formula is C27H22ClFN4O2. The van der Waals surface area contributed by atoms with Crippen LogP contribution in [0.5, 0.6) is 5.75 Å². The number of phenols is 1. The van der Waals surface area contributed by atoms with Crippen LogP contribution in [0.15, 0.2) is 72.9 Å². The molecule has 3 aromatic carbocycles. The zero-order valence-corrected chi connectivity index (χ0v) is 19.5. The van der Waals surface area contributed by atoms with E-state index in [1.165, 1.54) is 12.1 Å². The largest absolute Gasteiger partial charge is 0.507 e. The van der Waals surface area contributed by atoms with Gasteiger partial charge in [0.05, 0.1) is 35.7 Å². The Hall–Kier alpha value is -3.94. The predicted octanol–water partition coefficient (Wildman–Crippen LogP) is 6.24. The lowest BCUT2D eigenvalue weighted by molar-refractivity contribution is 0.276. The Bertz CT molecular complexity index is 1520. The van der Waals surface area contributed by atoms with Gasteiger partial charge >= 0.3 is 0 Å². The van der Waals surface area contributed by atoms with Crippen LogP contribution >= 0.6 is 11.6 Å². The number of pyridine rings is 1. The second kappa shape index (κ2) is 9.37. The topological polar surface area (TPSA) is 94.1 Å². The molecule has 2 aromatic heterocycles. The second-order valence-electron chi connectivity index (χ2n) is 8.27. The van der Waals surface area contributed by atoms with E-state index in [4.69, 9.17) is 11.6 Å². The number of rotatable bonds is 6. The summed E-state index contributed by atoms with van der Waals surface area (Å²) in [6, 6.07) is 18.6. The van der Waals surface area contributed by atoms with Gasteiger partial charge in [0.15, 0.2) is 0 Å². The van der Waals surface area contributed by atoms with E-state index in [1.807, 2.05) is 37.3 Å². The monoisotopic (exact) mass is 488 g/mol. The number of nitrogens with one attached hydrogen (secondary N) is 2. The van der Waals surface area contributed by atoms with E-state index in [-0.39, 0.29) is 18.4 Å². The third-order valence-corrected chi connectivity index (χ3v) is 6.19. The minimum atomic E-state index is -0.479. The third kappa shape index (κ3) is 4.43. The molecule has 35 heavy (non-hydrogen) atoms. The zero-order valence-electron chi connectivity index (χ0n) is 18.8. The lowest BCUT2D eigenvalue weighted by Crippen LogP contribution is -2.15. The van der Waals surface area contributed by atoms with Crippen molar-refractivity contribution in [2.24, 2.45) is 0 Å². The van der Waals surface area contributed by atoms with Crippen molar-refractivity contribution in [2.45, 2.75) is 13.0 Å². The number of nitrogens with zero attached hydrogens (tertiary/aromatic N) is 2. The molecule has 2 heterocycles. The smallest absolute Gasteiger partial charge is 0.133 e. The summed E-state index contributed by atoms with van der Waals surface area (Å²) in [5.41, 5.74) is 4.30. The predicted molar refractivity (Wildman–Crippen MR) is 136 cm³/mol. The number of fused-ring (bicyclic) bond motifs is 1. The maximum absolute atomic E-state index is 15.4. The van der Waals surface area contributed by atoms with Gasteiger partial charge in [-0.2, -0.15) is 5.10 Å². The van der Waals surface area contributed by atoms with Gasteiger partial charge in [-0.3, -0.25) is 10.1 Å². The summed E-state index contributed by atoms with van der Waals surface area (Å²) in [7, 11) is 0. The highest BCUT2D eigenvalue weighted by Gasteiger charge is 2.20. The molecule has 0 amide bonds. The van der Waals surface area contributed by atoms with Crippen molar-refractivity contribution in [1.82, 2.24) is 15.2 Å². The van der Waals surface area contributed by atoms with Gasteiger partial charge in [0.25, 0.3) is 0 Å².